The van der Waals surface area contributed by atoms with Crippen molar-refractivity contribution in [1.82, 2.24) is 19.4 Å². The molecule has 9 heteroatoms. The van der Waals surface area contributed by atoms with Gasteiger partial charge in [0.25, 0.3) is 11.5 Å². The van der Waals surface area contributed by atoms with Gasteiger partial charge in [-0.25, -0.2) is 9.66 Å². The van der Waals surface area contributed by atoms with Crippen LogP contribution in [0.2, 0.25) is 0 Å². The summed E-state index contributed by atoms with van der Waals surface area (Å²) in [6.45, 7) is 3.80. The standard InChI is InChI=1S/C15H16IN5O2S/c1-4-5-9-6-10-14(24-9)18-8(2)21(15(10)23)19-13(22)12-11(16)7-17-20(12)3/h6-7H,4-5H2,1-3H3,(H,19,22). The third-order valence-corrected chi connectivity index (χ3v) is 5.48. The molecule has 3 rings (SSSR count). The number of fused-ring (bicyclic) bond motifs is 1. The van der Waals surface area contributed by atoms with E-state index >= 15 is 0 Å². The molecule has 126 valence electrons. The fraction of sp³-hybridized carbons (Fsp3) is 0.333. The second-order valence-corrected chi connectivity index (χ2v) is 7.66. The molecule has 0 aliphatic carbocycles. The van der Waals surface area contributed by atoms with Crippen LogP contribution < -0.4 is 11.0 Å². The lowest BCUT2D eigenvalue weighted by Crippen LogP contribution is -2.36. The molecule has 0 spiro atoms. The van der Waals surface area contributed by atoms with Gasteiger partial charge in [0.1, 0.15) is 16.3 Å². The lowest BCUT2D eigenvalue weighted by molar-refractivity contribution is 0.0996. The minimum Gasteiger partial charge on any atom is -0.267 e. The number of hydrogen-bond donors (Lipinski definition) is 1. The Balaban J connectivity index is 2.03. The number of thiophene rings is 1. The first-order valence-electron chi connectivity index (χ1n) is 7.43. The van der Waals surface area contributed by atoms with Crippen LogP contribution in [0.4, 0.5) is 0 Å². The molecular formula is C15H16IN5O2S. The van der Waals surface area contributed by atoms with Gasteiger partial charge in [0.15, 0.2) is 0 Å². The number of carbonyl (C=O) groups is 1. The summed E-state index contributed by atoms with van der Waals surface area (Å²) in [5.41, 5.74) is 2.78. The number of nitrogens with one attached hydrogen (secondary N) is 1. The highest BCUT2D eigenvalue weighted by Gasteiger charge is 2.18. The van der Waals surface area contributed by atoms with Crippen molar-refractivity contribution in [1.29, 1.82) is 0 Å². The van der Waals surface area contributed by atoms with Gasteiger partial charge in [-0.05, 0) is 42.0 Å². The Morgan fingerprint density at radius 1 is 1.46 bits per heavy atom. The van der Waals surface area contributed by atoms with E-state index in [2.05, 4.69) is 22.4 Å². The number of aryl methyl sites for hydroxylation is 3. The minimum absolute atomic E-state index is 0.262. The second-order valence-electron chi connectivity index (χ2n) is 5.39. The van der Waals surface area contributed by atoms with Crippen molar-refractivity contribution in [2.45, 2.75) is 26.7 Å². The number of nitrogens with zero attached hydrogens (tertiary/aromatic N) is 4. The quantitative estimate of drug-likeness (QED) is 0.611. The summed E-state index contributed by atoms with van der Waals surface area (Å²) < 4.78 is 3.40. The summed E-state index contributed by atoms with van der Waals surface area (Å²) in [5.74, 6) is 0.0534. The van der Waals surface area contributed by atoms with Crippen LogP contribution >= 0.6 is 33.9 Å². The number of hydrogen-bond acceptors (Lipinski definition) is 5. The summed E-state index contributed by atoms with van der Waals surface area (Å²) in [6, 6.07) is 1.87. The molecule has 3 heterocycles. The molecule has 7 nitrogen and oxygen atoms in total. The number of carbonyl (C=O) groups excluding carboxylic acids is 1. The molecule has 1 amide bonds. The van der Waals surface area contributed by atoms with Crippen LogP contribution in [0.1, 0.15) is 34.5 Å². The van der Waals surface area contributed by atoms with Crippen LogP contribution in [-0.2, 0) is 13.5 Å². The molecule has 3 aromatic heterocycles. The van der Waals surface area contributed by atoms with E-state index in [4.69, 9.17) is 0 Å². The van der Waals surface area contributed by atoms with Crippen molar-refractivity contribution in [3.05, 3.63) is 42.6 Å². The Morgan fingerprint density at radius 2 is 2.21 bits per heavy atom. The first-order valence-corrected chi connectivity index (χ1v) is 9.32. The summed E-state index contributed by atoms with van der Waals surface area (Å²) in [6.07, 6.45) is 3.52. The van der Waals surface area contributed by atoms with Gasteiger partial charge in [-0.2, -0.15) is 5.10 Å². The Hall–Kier alpha value is -1.75. The predicted octanol–water partition coefficient (Wildman–Crippen LogP) is 2.44. The van der Waals surface area contributed by atoms with Crippen LogP contribution in [0.3, 0.4) is 0 Å². The van der Waals surface area contributed by atoms with E-state index in [0.29, 0.717) is 25.3 Å². The zero-order valence-electron chi connectivity index (χ0n) is 13.5. The fourth-order valence-corrected chi connectivity index (χ4v) is 4.34. The second kappa shape index (κ2) is 6.63. The van der Waals surface area contributed by atoms with Crippen molar-refractivity contribution in [2.75, 3.05) is 5.43 Å². The summed E-state index contributed by atoms with van der Waals surface area (Å²) in [4.78, 5) is 31.5. The van der Waals surface area contributed by atoms with E-state index in [1.807, 2.05) is 28.7 Å². The zero-order chi connectivity index (χ0) is 17.4. The largest absolute Gasteiger partial charge is 0.289 e. The molecule has 1 N–H and O–H groups in total. The Bertz CT molecular complexity index is 968. The predicted molar refractivity (Wildman–Crippen MR) is 102 cm³/mol. The molecule has 0 saturated heterocycles. The minimum atomic E-state index is -0.394. The van der Waals surface area contributed by atoms with Crippen molar-refractivity contribution >= 4 is 50.1 Å². The molecule has 0 fully saturated rings. The van der Waals surface area contributed by atoms with Crippen LogP contribution in [0, 0.1) is 10.5 Å². The molecule has 3 aromatic rings. The van der Waals surface area contributed by atoms with Crippen molar-refractivity contribution in [3.63, 3.8) is 0 Å². The maximum Gasteiger partial charge on any atom is 0.289 e. The average molecular weight is 457 g/mol. The van der Waals surface area contributed by atoms with Gasteiger partial charge in [-0.1, -0.05) is 13.3 Å². The van der Waals surface area contributed by atoms with Crippen LogP contribution in [0.25, 0.3) is 10.2 Å². The third kappa shape index (κ3) is 2.97. The molecular weight excluding hydrogens is 441 g/mol. The lowest BCUT2D eigenvalue weighted by Gasteiger charge is -2.11. The van der Waals surface area contributed by atoms with E-state index in [-0.39, 0.29) is 5.56 Å². The van der Waals surface area contributed by atoms with E-state index in [1.54, 1.807) is 20.2 Å². The SMILES string of the molecule is CCCc1cc2c(=O)n(NC(=O)c3c(I)cnn3C)c(C)nc2s1. The number of rotatable bonds is 4. The van der Waals surface area contributed by atoms with Crippen LogP contribution in [0.15, 0.2) is 17.1 Å². The first kappa shape index (κ1) is 17.1. The average Bonchev–Trinajstić information content (AvgIpc) is 3.07. The highest BCUT2D eigenvalue weighted by Crippen LogP contribution is 2.22. The number of halogens is 1. The normalized spacial score (nSPS) is 11.2. The summed E-state index contributed by atoms with van der Waals surface area (Å²) >= 11 is 3.57. The first-order chi connectivity index (χ1) is 11.4. The van der Waals surface area contributed by atoms with Crippen LogP contribution in [0.5, 0.6) is 0 Å². The molecule has 0 aromatic carbocycles. The smallest absolute Gasteiger partial charge is 0.267 e. The number of amides is 1. The van der Waals surface area contributed by atoms with E-state index in [1.165, 1.54) is 20.7 Å². The lowest BCUT2D eigenvalue weighted by atomic mass is 10.2. The van der Waals surface area contributed by atoms with Gasteiger partial charge in [0.2, 0.25) is 0 Å². The van der Waals surface area contributed by atoms with Crippen LogP contribution in [-0.4, -0.2) is 25.3 Å². The summed E-state index contributed by atoms with van der Waals surface area (Å²) in [7, 11) is 1.68. The van der Waals surface area contributed by atoms with Crippen molar-refractivity contribution < 1.29 is 4.79 Å². The Morgan fingerprint density at radius 3 is 2.83 bits per heavy atom. The molecule has 0 atom stereocenters. The highest BCUT2D eigenvalue weighted by molar-refractivity contribution is 14.1. The maximum absolute atomic E-state index is 12.7. The molecule has 0 aliphatic rings. The monoisotopic (exact) mass is 457 g/mol. The fourth-order valence-electron chi connectivity index (χ4n) is 2.45. The van der Waals surface area contributed by atoms with Gasteiger partial charge in [-0.3, -0.25) is 19.7 Å². The molecule has 0 unspecified atom stereocenters. The molecule has 0 bridgehead atoms. The Kier molecular flexibility index (Phi) is 4.72. The Labute approximate surface area is 155 Å². The van der Waals surface area contributed by atoms with Gasteiger partial charge in [-0.15, -0.1) is 11.3 Å². The molecule has 24 heavy (non-hydrogen) atoms. The van der Waals surface area contributed by atoms with Crippen molar-refractivity contribution in [2.24, 2.45) is 7.05 Å². The zero-order valence-corrected chi connectivity index (χ0v) is 16.4. The van der Waals surface area contributed by atoms with Crippen molar-refractivity contribution in [3.8, 4) is 0 Å². The molecule has 0 saturated carbocycles. The maximum atomic E-state index is 12.7. The topological polar surface area (TPSA) is 81.8 Å². The van der Waals surface area contributed by atoms with E-state index in [0.717, 1.165) is 17.7 Å². The van der Waals surface area contributed by atoms with Gasteiger partial charge >= 0.3 is 0 Å². The number of aromatic nitrogens is 4. The summed E-state index contributed by atoms with van der Waals surface area (Å²) in [5, 5.41) is 4.58. The van der Waals surface area contributed by atoms with Gasteiger partial charge < -0.3 is 0 Å². The van der Waals surface area contributed by atoms with E-state index < -0.39 is 5.91 Å². The highest BCUT2D eigenvalue weighted by atomic mass is 127. The third-order valence-electron chi connectivity index (χ3n) is 3.60. The van der Waals surface area contributed by atoms with E-state index in [9.17, 15) is 9.59 Å². The molecule has 0 aliphatic heterocycles. The van der Waals surface area contributed by atoms with Gasteiger partial charge in [0, 0.05) is 11.9 Å². The molecule has 0 radical (unpaired) electrons. The van der Waals surface area contributed by atoms with Gasteiger partial charge in [0.05, 0.1) is 15.2 Å².